The van der Waals surface area contributed by atoms with E-state index in [1.807, 2.05) is 12.1 Å². The van der Waals surface area contributed by atoms with Crippen LogP contribution >= 0.6 is 0 Å². The average Bonchev–Trinajstić information content (AvgIpc) is 3.28. The number of carbonyl (C=O) groups excluding carboxylic acids is 2. The summed E-state index contributed by atoms with van der Waals surface area (Å²) in [4.78, 5) is 34.0. The van der Waals surface area contributed by atoms with Crippen LogP contribution in [-0.2, 0) is 20.0 Å². The lowest BCUT2D eigenvalue weighted by molar-refractivity contribution is -0.133. The van der Waals surface area contributed by atoms with Crippen LogP contribution in [0.25, 0.3) is 0 Å². The van der Waals surface area contributed by atoms with Crippen LogP contribution < -0.4 is 11.1 Å². The number of nitrogens with zero attached hydrogens (tertiary/aromatic N) is 2. The molecule has 2 atom stereocenters. The number of hydrogen-bond acceptors (Lipinski definition) is 6. The zero-order valence-electron chi connectivity index (χ0n) is 17.1. The number of rotatable bonds is 7. The predicted molar refractivity (Wildman–Crippen MR) is 119 cm³/mol. The number of amides is 2. The van der Waals surface area contributed by atoms with Crippen molar-refractivity contribution in [1.82, 2.24) is 4.98 Å². The molecule has 1 aliphatic heterocycles. The van der Waals surface area contributed by atoms with Crippen molar-refractivity contribution in [3.8, 4) is 0 Å². The van der Waals surface area contributed by atoms with E-state index in [-0.39, 0.29) is 18.4 Å². The number of primary amides is 1. The Kier molecular flexibility index (Phi) is 5.96. The molecular formula is C24H22N4O4. The van der Waals surface area contributed by atoms with E-state index in [0.717, 1.165) is 11.3 Å². The highest BCUT2D eigenvalue weighted by Gasteiger charge is 2.38. The van der Waals surface area contributed by atoms with Crippen molar-refractivity contribution in [2.24, 2.45) is 10.9 Å². The molecule has 0 aliphatic carbocycles. The van der Waals surface area contributed by atoms with Crippen LogP contribution in [0.4, 0.5) is 5.69 Å². The number of nitrogens with two attached hydrogens (primary N) is 1. The third-order valence-corrected chi connectivity index (χ3v) is 5.28. The van der Waals surface area contributed by atoms with Gasteiger partial charge in [-0.05, 0) is 35.4 Å². The van der Waals surface area contributed by atoms with Gasteiger partial charge in [-0.2, -0.15) is 0 Å². The summed E-state index contributed by atoms with van der Waals surface area (Å²) in [5.41, 5.74) is 6.36. The summed E-state index contributed by atoms with van der Waals surface area (Å²) in [6.45, 7) is 0. The van der Waals surface area contributed by atoms with Crippen molar-refractivity contribution in [3.05, 3.63) is 95.8 Å². The van der Waals surface area contributed by atoms with Gasteiger partial charge in [0.05, 0.1) is 12.1 Å². The fourth-order valence-corrected chi connectivity index (χ4v) is 3.59. The van der Waals surface area contributed by atoms with E-state index in [2.05, 4.69) is 15.5 Å². The van der Waals surface area contributed by atoms with Crippen molar-refractivity contribution in [2.75, 3.05) is 5.32 Å². The summed E-state index contributed by atoms with van der Waals surface area (Å²) in [7, 11) is 0. The Bertz CT molecular complexity index is 1130. The maximum absolute atomic E-state index is 12.4. The normalized spacial score (nSPS) is 17.0. The number of carbonyl (C=O) groups is 2. The molecule has 4 rings (SSSR count). The van der Waals surface area contributed by atoms with Gasteiger partial charge in [-0.1, -0.05) is 47.6 Å². The Morgan fingerprint density at radius 3 is 2.44 bits per heavy atom. The first-order valence-electron chi connectivity index (χ1n) is 10.1. The van der Waals surface area contributed by atoms with Gasteiger partial charge in [0.25, 0.3) is 5.91 Å². The molecule has 0 saturated heterocycles. The van der Waals surface area contributed by atoms with Gasteiger partial charge in [0.1, 0.15) is 6.10 Å². The van der Waals surface area contributed by atoms with Crippen LogP contribution in [0.5, 0.6) is 0 Å². The van der Waals surface area contributed by atoms with Gasteiger partial charge in [-0.15, -0.1) is 0 Å². The van der Waals surface area contributed by atoms with Crippen LogP contribution in [0, 0.1) is 0 Å². The van der Waals surface area contributed by atoms with Gasteiger partial charge in [0.2, 0.25) is 5.91 Å². The molecule has 1 aromatic heterocycles. The first kappa shape index (κ1) is 21.2. The van der Waals surface area contributed by atoms with Crippen LogP contribution in [-0.4, -0.2) is 33.7 Å². The standard InChI is InChI=1S/C24H22N4O4/c25-23(30)24(31,17-6-2-1-3-7-17)18-8-10-19(11-9-18)27-22(29)14-20-13-21(28-32-20)16-5-4-12-26-15-16/h1-12,15,20,31H,13-14H2,(H2,25,30)(H,27,29). The van der Waals surface area contributed by atoms with E-state index in [1.54, 1.807) is 67.0 Å². The Labute approximate surface area is 184 Å². The Balaban J connectivity index is 1.39. The van der Waals surface area contributed by atoms with Gasteiger partial charge >= 0.3 is 0 Å². The van der Waals surface area contributed by atoms with Crippen molar-refractivity contribution in [1.29, 1.82) is 0 Å². The predicted octanol–water partition coefficient (Wildman–Crippen LogP) is 2.32. The van der Waals surface area contributed by atoms with Gasteiger partial charge in [-0.3, -0.25) is 14.6 Å². The molecular weight excluding hydrogens is 408 g/mol. The van der Waals surface area contributed by atoms with Crippen molar-refractivity contribution < 1.29 is 19.5 Å². The van der Waals surface area contributed by atoms with Gasteiger partial charge in [-0.25, -0.2) is 0 Å². The SMILES string of the molecule is NC(=O)C(O)(c1ccccc1)c1ccc(NC(=O)CC2CC(c3cccnc3)=NO2)cc1. The molecule has 2 aromatic carbocycles. The van der Waals surface area contributed by atoms with Crippen LogP contribution in [0.15, 0.2) is 84.3 Å². The molecule has 8 nitrogen and oxygen atoms in total. The molecule has 8 heteroatoms. The van der Waals surface area contributed by atoms with Crippen molar-refractivity contribution >= 4 is 23.2 Å². The second-order valence-corrected chi connectivity index (χ2v) is 7.48. The highest BCUT2D eigenvalue weighted by molar-refractivity contribution is 6.01. The van der Waals surface area contributed by atoms with Gasteiger partial charge < -0.3 is 21.0 Å². The minimum atomic E-state index is -1.97. The van der Waals surface area contributed by atoms with Gasteiger partial charge in [0.15, 0.2) is 5.60 Å². The zero-order valence-corrected chi connectivity index (χ0v) is 17.1. The fraction of sp³-hybridized carbons (Fsp3) is 0.167. The lowest BCUT2D eigenvalue weighted by atomic mass is 9.85. The highest BCUT2D eigenvalue weighted by atomic mass is 16.6. The maximum atomic E-state index is 12.4. The molecule has 4 N–H and O–H groups in total. The maximum Gasteiger partial charge on any atom is 0.258 e. The Hall–Kier alpha value is -4.04. The lowest BCUT2D eigenvalue weighted by Gasteiger charge is -2.26. The molecule has 0 radical (unpaired) electrons. The van der Waals surface area contributed by atoms with E-state index in [9.17, 15) is 14.7 Å². The molecule has 3 aromatic rings. The molecule has 0 bridgehead atoms. The first-order chi connectivity index (χ1) is 15.5. The first-order valence-corrected chi connectivity index (χ1v) is 10.1. The molecule has 2 unspecified atom stereocenters. The van der Waals surface area contributed by atoms with E-state index < -0.39 is 11.5 Å². The van der Waals surface area contributed by atoms with Crippen molar-refractivity contribution in [3.63, 3.8) is 0 Å². The number of nitrogens with one attached hydrogen (secondary N) is 1. The monoisotopic (exact) mass is 430 g/mol. The highest BCUT2D eigenvalue weighted by Crippen LogP contribution is 2.30. The minimum absolute atomic E-state index is 0.129. The van der Waals surface area contributed by atoms with Gasteiger partial charge in [0, 0.05) is 30.1 Å². The molecule has 0 spiro atoms. The number of oxime groups is 1. The summed E-state index contributed by atoms with van der Waals surface area (Å²) in [6.07, 6.45) is 3.67. The third kappa shape index (κ3) is 4.35. The minimum Gasteiger partial charge on any atom is -0.391 e. The quantitative estimate of drug-likeness (QED) is 0.530. The summed E-state index contributed by atoms with van der Waals surface area (Å²) in [6, 6.07) is 18.5. The molecule has 0 fully saturated rings. The number of aromatic nitrogens is 1. The number of aliphatic hydroxyl groups is 1. The van der Waals surface area contributed by atoms with E-state index in [0.29, 0.717) is 23.2 Å². The summed E-state index contributed by atoms with van der Waals surface area (Å²) in [5.74, 6) is -1.12. The largest absolute Gasteiger partial charge is 0.391 e. The second-order valence-electron chi connectivity index (χ2n) is 7.48. The van der Waals surface area contributed by atoms with Crippen LogP contribution in [0.2, 0.25) is 0 Å². The van der Waals surface area contributed by atoms with E-state index in [1.165, 1.54) is 0 Å². The summed E-state index contributed by atoms with van der Waals surface area (Å²) < 4.78 is 0. The van der Waals surface area contributed by atoms with E-state index in [4.69, 9.17) is 10.6 Å². The summed E-state index contributed by atoms with van der Waals surface area (Å²) in [5, 5.41) is 17.9. The van der Waals surface area contributed by atoms with Crippen LogP contribution in [0.3, 0.4) is 0 Å². The molecule has 1 aliphatic rings. The Morgan fingerprint density at radius 2 is 1.78 bits per heavy atom. The molecule has 162 valence electrons. The third-order valence-electron chi connectivity index (χ3n) is 5.28. The lowest BCUT2D eigenvalue weighted by Crippen LogP contribution is -2.42. The Morgan fingerprint density at radius 1 is 1.06 bits per heavy atom. The number of pyridine rings is 1. The smallest absolute Gasteiger partial charge is 0.258 e. The zero-order chi connectivity index (χ0) is 22.6. The second kappa shape index (κ2) is 8.99. The van der Waals surface area contributed by atoms with Crippen LogP contribution in [0.1, 0.15) is 29.5 Å². The molecule has 2 heterocycles. The number of hydrogen-bond donors (Lipinski definition) is 3. The molecule has 2 amide bonds. The number of benzene rings is 2. The van der Waals surface area contributed by atoms with Crippen molar-refractivity contribution in [2.45, 2.75) is 24.5 Å². The molecule has 0 saturated carbocycles. The number of anilines is 1. The fourth-order valence-electron chi connectivity index (χ4n) is 3.59. The summed E-state index contributed by atoms with van der Waals surface area (Å²) >= 11 is 0. The average molecular weight is 430 g/mol. The topological polar surface area (TPSA) is 127 Å². The van der Waals surface area contributed by atoms with E-state index >= 15 is 0 Å². The molecule has 32 heavy (non-hydrogen) atoms.